The molecule has 174 valence electrons. The Balaban J connectivity index is 1.76. The van der Waals surface area contributed by atoms with Crippen LogP contribution in [-0.4, -0.2) is 37.9 Å². The lowest BCUT2D eigenvalue weighted by Crippen LogP contribution is -2.39. The van der Waals surface area contributed by atoms with Crippen molar-refractivity contribution in [2.45, 2.75) is 27.7 Å². The third kappa shape index (κ3) is 5.83. The first-order valence-electron chi connectivity index (χ1n) is 10.3. The molecule has 0 saturated heterocycles. The van der Waals surface area contributed by atoms with Crippen LogP contribution >= 0.6 is 11.6 Å². The Kier molecular flexibility index (Phi) is 7.29. The van der Waals surface area contributed by atoms with E-state index in [-0.39, 0.29) is 6.54 Å². The SMILES string of the molecule is Cc1ccc(N(CC(=O)N/N=C\c2cc(C)n(-c3cccc(Cl)c3)c2C)S(C)(=O)=O)c(C)c1. The van der Waals surface area contributed by atoms with Gasteiger partial charge >= 0.3 is 0 Å². The van der Waals surface area contributed by atoms with E-state index < -0.39 is 15.9 Å². The summed E-state index contributed by atoms with van der Waals surface area (Å²) >= 11 is 6.13. The molecule has 0 saturated carbocycles. The number of halogens is 1. The summed E-state index contributed by atoms with van der Waals surface area (Å²) in [7, 11) is -3.66. The molecule has 0 unspecified atom stereocenters. The number of nitrogens with zero attached hydrogens (tertiary/aromatic N) is 3. The number of anilines is 1. The van der Waals surface area contributed by atoms with Gasteiger partial charge in [0.2, 0.25) is 10.0 Å². The van der Waals surface area contributed by atoms with Gasteiger partial charge in [0.25, 0.3) is 5.91 Å². The molecule has 0 aliphatic rings. The van der Waals surface area contributed by atoms with E-state index in [0.29, 0.717) is 10.7 Å². The topological polar surface area (TPSA) is 83.8 Å². The molecule has 3 rings (SSSR count). The monoisotopic (exact) mass is 486 g/mol. The average Bonchev–Trinajstić information content (AvgIpc) is 2.99. The largest absolute Gasteiger partial charge is 0.318 e. The van der Waals surface area contributed by atoms with Gasteiger partial charge in [-0.05, 0) is 63.6 Å². The highest BCUT2D eigenvalue weighted by Gasteiger charge is 2.22. The second-order valence-electron chi connectivity index (χ2n) is 7.99. The van der Waals surface area contributed by atoms with E-state index in [1.807, 2.05) is 74.7 Å². The van der Waals surface area contributed by atoms with E-state index >= 15 is 0 Å². The summed E-state index contributed by atoms with van der Waals surface area (Å²) in [6.07, 6.45) is 2.62. The lowest BCUT2D eigenvalue weighted by atomic mass is 10.1. The number of aryl methyl sites for hydroxylation is 3. The molecule has 3 aromatic rings. The van der Waals surface area contributed by atoms with Crippen molar-refractivity contribution in [3.63, 3.8) is 0 Å². The third-order valence-corrected chi connectivity index (χ3v) is 6.60. The van der Waals surface area contributed by atoms with E-state index in [9.17, 15) is 13.2 Å². The van der Waals surface area contributed by atoms with Crippen molar-refractivity contribution >= 4 is 39.4 Å². The van der Waals surface area contributed by atoms with Crippen molar-refractivity contribution in [1.82, 2.24) is 9.99 Å². The van der Waals surface area contributed by atoms with E-state index in [0.717, 1.165) is 44.3 Å². The number of aromatic nitrogens is 1. The molecule has 0 fully saturated rings. The molecule has 33 heavy (non-hydrogen) atoms. The van der Waals surface area contributed by atoms with Gasteiger partial charge < -0.3 is 4.57 Å². The molecule has 2 aromatic carbocycles. The maximum absolute atomic E-state index is 12.5. The number of hydrogen-bond donors (Lipinski definition) is 1. The van der Waals surface area contributed by atoms with Crippen LogP contribution in [0.3, 0.4) is 0 Å². The highest BCUT2D eigenvalue weighted by molar-refractivity contribution is 7.92. The molecule has 0 radical (unpaired) electrons. The summed E-state index contributed by atoms with van der Waals surface area (Å²) in [6, 6.07) is 14.9. The molecule has 0 aliphatic carbocycles. The molecule has 1 N–H and O–H groups in total. The van der Waals surface area contributed by atoms with E-state index in [4.69, 9.17) is 11.6 Å². The van der Waals surface area contributed by atoms with Crippen LogP contribution in [0.5, 0.6) is 0 Å². The van der Waals surface area contributed by atoms with Crippen molar-refractivity contribution in [3.8, 4) is 5.69 Å². The van der Waals surface area contributed by atoms with Crippen molar-refractivity contribution in [3.05, 3.63) is 81.6 Å². The summed E-state index contributed by atoms with van der Waals surface area (Å²) < 4.78 is 27.8. The highest BCUT2D eigenvalue weighted by Crippen LogP contribution is 2.24. The van der Waals surface area contributed by atoms with Crippen LogP contribution in [0, 0.1) is 27.7 Å². The van der Waals surface area contributed by atoms with Gasteiger partial charge in [-0.25, -0.2) is 13.8 Å². The van der Waals surface area contributed by atoms with Gasteiger partial charge in [0.1, 0.15) is 6.54 Å². The highest BCUT2D eigenvalue weighted by atomic mass is 35.5. The van der Waals surface area contributed by atoms with Crippen LogP contribution < -0.4 is 9.73 Å². The number of carbonyl (C=O) groups excluding carboxylic acids is 1. The lowest BCUT2D eigenvalue weighted by molar-refractivity contribution is -0.119. The number of carbonyl (C=O) groups is 1. The Hall–Kier alpha value is -3.10. The summed E-state index contributed by atoms with van der Waals surface area (Å²) in [5, 5.41) is 4.69. The van der Waals surface area contributed by atoms with Gasteiger partial charge in [-0.1, -0.05) is 35.4 Å². The minimum atomic E-state index is -3.66. The van der Waals surface area contributed by atoms with Crippen molar-refractivity contribution in [2.24, 2.45) is 5.10 Å². The Morgan fingerprint density at radius 1 is 1.12 bits per heavy atom. The first-order valence-corrected chi connectivity index (χ1v) is 12.5. The second kappa shape index (κ2) is 9.80. The zero-order valence-electron chi connectivity index (χ0n) is 19.3. The predicted molar refractivity (Wildman–Crippen MR) is 134 cm³/mol. The molecule has 1 heterocycles. The number of benzene rings is 2. The van der Waals surface area contributed by atoms with Crippen LogP contribution in [0.25, 0.3) is 5.69 Å². The lowest BCUT2D eigenvalue weighted by Gasteiger charge is -2.23. The maximum Gasteiger partial charge on any atom is 0.260 e. The van der Waals surface area contributed by atoms with Gasteiger partial charge in [0, 0.05) is 27.7 Å². The Bertz CT molecular complexity index is 1330. The normalized spacial score (nSPS) is 11.7. The summed E-state index contributed by atoms with van der Waals surface area (Å²) in [4.78, 5) is 12.5. The second-order valence-corrected chi connectivity index (χ2v) is 10.3. The summed E-state index contributed by atoms with van der Waals surface area (Å²) in [5.41, 5.74) is 8.34. The van der Waals surface area contributed by atoms with E-state index in [1.165, 1.54) is 0 Å². The fraction of sp³-hybridized carbons (Fsp3) is 0.250. The molecule has 0 atom stereocenters. The molecule has 0 bridgehead atoms. The van der Waals surface area contributed by atoms with Crippen LogP contribution in [0.2, 0.25) is 5.02 Å². The molecular formula is C24H27ClN4O3S. The number of amides is 1. The van der Waals surface area contributed by atoms with Crippen LogP contribution in [0.15, 0.2) is 53.6 Å². The van der Waals surface area contributed by atoms with Gasteiger partial charge in [0.15, 0.2) is 0 Å². The van der Waals surface area contributed by atoms with Gasteiger partial charge in [-0.2, -0.15) is 5.10 Å². The maximum atomic E-state index is 12.5. The zero-order chi connectivity index (χ0) is 24.3. The number of hydrazone groups is 1. The first-order chi connectivity index (χ1) is 15.5. The smallest absolute Gasteiger partial charge is 0.260 e. The quantitative estimate of drug-likeness (QED) is 0.399. The molecule has 1 aromatic heterocycles. The minimum absolute atomic E-state index is 0.373. The van der Waals surface area contributed by atoms with Crippen LogP contribution in [0.4, 0.5) is 5.69 Å². The Morgan fingerprint density at radius 2 is 1.85 bits per heavy atom. The molecule has 1 amide bonds. The summed E-state index contributed by atoms with van der Waals surface area (Å²) in [5.74, 6) is -0.541. The molecule has 7 nitrogen and oxygen atoms in total. The number of hydrogen-bond acceptors (Lipinski definition) is 4. The molecule has 9 heteroatoms. The first kappa shape index (κ1) is 24.5. The molecule has 0 aliphatic heterocycles. The van der Waals surface area contributed by atoms with Gasteiger partial charge in [0.05, 0.1) is 18.2 Å². The van der Waals surface area contributed by atoms with Gasteiger partial charge in [-0.15, -0.1) is 0 Å². The average molecular weight is 487 g/mol. The number of rotatable bonds is 7. The number of sulfonamides is 1. The van der Waals surface area contributed by atoms with Crippen molar-refractivity contribution in [1.29, 1.82) is 0 Å². The van der Waals surface area contributed by atoms with E-state index in [1.54, 1.807) is 12.3 Å². The Labute approximate surface area is 199 Å². The molecular weight excluding hydrogens is 460 g/mol. The third-order valence-electron chi connectivity index (χ3n) is 5.24. The predicted octanol–water partition coefficient (Wildman–Crippen LogP) is 4.28. The molecule has 0 spiro atoms. The standard InChI is InChI=1S/C24H27ClN4O3S/c1-16-9-10-23(17(2)11-16)28(33(5,31)32)15-24(30)27-26-14-20-12-18(3)29(19(20)4)22-8-6-7-21(25)13-22/h6-14H,15H2,1-5H3,(H,27,30)/b26-14-. The van der Waals surface area contributed by atoms with E-state index in [2.05, 4.69) is 10.5 Å². The van der Waals surface area contributed by atoms with Gasteiger partial charge in [-0.3, -0.25) is 9.10 Å². The number of nitrogens with one attached hydrogen (secondary N) is 1. The fourth-order valence-electron chi connectivity index (χ4n) is 3.74. The van der Waals surface area contributed by atoms with Crippen molar-refractivity contribution < 1.29 is 13.2 Å². The minimum Gasteiger partial charge on any atom is -0.318 e. The Morgan fingerprint density at radius 3 is 2.48 bits per heavy atom. The van der Waals surface area contributed by atoms with Crippen molar-refractivity contribution in [2.75, 3.05) is 17.1 Å². The van der Waals surface area contributed by atoms with Crippen LogP contribution in [0.1, 0.15) is 28.1 Å². The fourth-order valence-corrected chi connectivity index (χ4v) is 4.84. The zero-order valence-corrected chi connectivity index (χ0v) is 20.8. The summed E-state index contributed by atoms with van der Waals surface area (Å²) in [6.45, 7) is 7.28. The van der Waals surface area contributed by atoms with Crippen LogP contribution in [-0.2, 0) is 14.8 Å².